The molecule has 2 heterocycles. The molecule has 0 saturated carbocycles. The van der Waals surface area contributed by atoms with E-state index >= 15 is 0 Å². The summed E-state index contributed by atoms with van der Waals surface area (Å²) in [5, 5.41) is 7.02. The minimum atomic E-state index is 0.185. The Morgan fingerprint density at radius 1 is 0.939 bits per heavy atom. The van der Waals surface area contributed by atoms with Gasteiger partial charge in [0, 0.05) is 65.1 Å². The first kappa shape index (κ1) is 23.6. The normalized spacial score (nSPS) is 19.0. The molecule has 2 aliphatic heterocycles. The quantitative estimate of drug-likeness (QED) is 0.502. The molecule has 1 atom stereocenters. The highest BCUT2D eigenvalue weighted by molar-refractivity contribution is 5.80. The third-order valence-electron chi connectivity index (χ3n) is 6.90. The molecule has 2 aromatic carbocycles. The second-order valence-corrected chi connectivity index (χ2v) is 9.48. The number of piperazine rings is 1. The van der Waals surface area contributed by atoms with E-state index in [4.69, 9.17) is 0 Å². The predicted molar refractivity (Wildman–Crippen MR) is 139 cm³/mol. The van der Waals surface area contributed by atoms with Crippen LogP contribution in [-0.2, 0) is 13.1 Å². The zero-order valence-corrected chi connectivity index (χ0v) is 20.6. The number of hydrogen-bond donors (Lipinski definition) is 2. The molecule has 2 saturated heterocycles. The summed E-state index contributed by atoms with van der Waals surface area (Å²) in [7, 11) is 4.04. The van der Waals surface area contributed by atoms with Gasteiger partial charge in [0.15, 0.2) is 5.96 Å². The largest absolute Gasteiger partial charge is 0.372 e. The maximum atomic E-state index is 4.44. The number of guanidine groups is 1. The zero-order chi connectivity index (χ0) is 23.0. The van der Waals surface area contributed by atoms with Crippen LogP contribution in [0.15, 0.2) is 53.5 Å². The van der Waals surface area contributed by atoms with E-state index in [1.807, 2.05) is 7.05 Å². The van der Waals surface area contributed by atoms with Gasteiger partial charge in [0.25, 0.3) is 0 Å². The predicted octanol–water partition coefficient (Wildman–Crippen LogP) is 3.46. The third-order valence-corrected chi connectivity index (χ3v) is 6.90. The van der Waals surface area contributed by atoms with Crippen LogP contribution in [0.25, 0.3) is 0 Å². The molecular weight excluding hydrogens is 408 g/mol. The molecule has 2 fully saturated rings. The van der Waals surface area contributed by atoms with Gasteiger partial charge in [0.1, 0.15) is 0 Å². The zero-order valence-electron chi connectivity index (χ0n) is 20.6. The fourth-order valence-corrected chi connectivity index (χ4v) is 4.66. The van der Waals surface area contributed by atoms with Crippen molar-refractivity contribution in [3.8, 4) is 0 Å². The first-order valence-electron chi connectivity index (χ1n) is 12.4. The fourth-order valence-electron chi connectivity index (χ4n) is 4.66. The molecule has 0 aromatic heterocycles. The van der Waals surface area contributed by atoms with E-state index in [-0.39, 0.29) is 6.04 Å². The maximum Gasteiger partial charge on any atom is 0.191 e. The van der Waals surface area contributed by atoms with Crippen molar-refractivity contribution in [2.24, 2.45) is 4.99 Å². The number of hydrogen-bond acceptors (Lipinski definition) is 4. The van der Waals surface area contributed by atoms with Gasteiger partial charge in [-0.05, 0) is 55.6 Å². The SMILES string of the molecule is CN=C(NCc1ccc(CN2CCN(C)CC2)cc1)NC(C)c1cccc(N2CCCC2)c1. The standard InChI is InChI=1S/C27H40N6/c1-22(25-7-6-8-26(19-25)33-13-4-5-14-33)30-27(28-2)29-20-23-9-11-24(12-10-23)21-32-17-15-31(3)16-18-32/h6-12,19,22H,4-5,13-18,20-21H2,1-3H3,(H2,28,29,30). The molecule has 0 aliphatic carbocycles. The third kappa shape index (κ3) is 6.71. The molecule has 0 bridgehead atoms. The van der Waals surface area contributed by atoms with Crippen molar-refractivity contribution in [1.82, 2.24) is 20.4 Å². The lowest BCUT2D eigenvalue weighted by molar-refractivity contribution is 0.148. The molecule has 6 nitrogen and oxygen atoms in total. The molecule has 0 radical (unpaired) electrons. The maximum absolute atomic E-state index is 4.44. The number of nitrogens with zero attached hydrogens (tertiary/aromatic N) is 4. The lowest BCUT2D eigenvalue weighted by atomic mass is 10.1. The molecule has 6 heteroatoms. The van der Waals surface area contributed by atoms with Crippen LogP contribution in [0.5, 0.6) is 0 Å². The van der Waals surface area contributed by atoms with Crippen LogP contribution in [0.2, 0.25) is 0 Å². The Morgan fingerprint density at radius 2 is 1.64 bits per heavy atom. The topological polar surface area (TPSA) is 46.1 Å². The Bertz CT molecular complexity index is 895. The van der Waals surface area contributed by atoms with Gasteiger partial charge in [0.2, 0.25) is 0 Å². The summed E-state index contributed by atoms with van der Waals surface area (Å²) in [6, 6.07) is 18.1. The molecule has 4 rings (SSSR count). The Morgan fingerprint density at radius 3 is 2.33 bits per heavy atom. The fraction of sp³-hybridized carbons (Fsp3) is 0.519. The molecule has 0 amide bonds. The van der Waals surface area contributed by atoms with Crippen LogP contribution < -0.4 is 15.5 Å². The van der Waals surface area contributed by atoms with Crippen molar-refractivity contribution in [2.45, 2.75) is 38.9 Å². The van der Waals surface area contributed by atoms with Gasteiger partial charge in [0.05, 0.1) is 6.04 Å². The van der Waals surface area contributed by atoms with Crippen molar-refractivity contribution in [2.75, 3.05) is 58.3 Å². The Hall–Kier alpha value is -2.57. The number of likely N-dealkylation sites (N-methyl/N-ethyl adjacent to an activating group) is 1. The van der Waals surface area contributed by atoms with Gasteiger partial charge in [-0.1, -0.05) is 36.4 Å². The average Bonchev–Trinajstić information content (AvgIpc) is 3.39. The summed E-state index contributed by atoms with van der Waals surface area (Å²) in [6.07, 6.45) is 2.59. The molecule has 2 aromatic rings. The van der Waals surface area contributed by atoms with Gasteiger partial charge < -0.3 is 20.4 Å². The lowest BCUT2D eigenvalue weighted by Crippen LogP contribution is -2.43. The summed E-state index contributed by atoms with van der Waals surface area (Å²) in [5.74, 6) is 0.829. The van der Waals surface area contributed by atoms with Gasteiger partial charge in [-0.2, -0.15) is 0 Å². The first-order valence-corrected chi connectivity index (χ1v) is 12.4. The Labute approximate surface area is 199 Å². The van der Waals surface area contributed by atoms with E-state index in [9.17, 15) is 0 Å². The number of rotatable bonds is 7. The van der Waals surface area contributed by atoms with Crippen LogP contribution in [-0.4, -0.2) is 69.1 Å². The van der Waals surface area contributed by atoms with E-state index < -0.39 is 0 Å². The first-order chi connectivity index (χ1) is 16.1. The lowest BCUT2D eigenvalue weighted by Gasteiger charge is -2.32. The highest BCUT2D eigenvalue weighted by Gasteiger charge is 2.15. The van der Waals surface area contributed by atoms with Crippen molar-refractivity contribution >= 4 is 11.6 Å². The van der Waals surface area contributed by atoms with E-state index in [1.54, 1.807) is 0 Å². The van der Waals surface area contributed by atoms with Gasteiger partial charge in [-0.25, -0.2) is 0 Å². The Balaban J connectivity index is 1.26. The van der Waals surface area contributed by atoms with Crippen molar-refractivity contribution < 1.29 is 0 Å². The van der Waals surface area contributed by atoms with E-state index in [1.165, 1.54) is 48.3 Å². The van der Waals surface area contributed by atoms with Gasteiger partial charge >= 0.3 is 0 Å². The minimum absolute atomic E-state index is 0.185. The van der Waals surface area contributed by atoms with Crippen molar-refractivity contribution in [1.29, 1.82) is 0 Å². The number of anilines is 1. The molecule has 178 valence electrons. The summed E-state index contributed by atoms with van der Waals surface area (Å²) in [6.45, 7) is 11.0. The van der Waals surface area contributed by atoms with Crippen LogP contribution in [0.4, 0.5) is 5.69 Å². The van der Waals surface area contributed by atoms with Gasteiger partial charge in [-0.15, -0.1) is 0 Å². The van der Waals surface area contributed by atoms with Crippen molar-refractivity contribution in [3.63, 3.8) is 0 Å². The van der Waals surface area contributed by atoms with Crippen LogP contribution in [0, 0.1) is 0 Å². The molecule has 33 heavy (non-hydrogen) atoms. The van der Waals surface area contributed by atoms with Gasteiger partial charge in [-0.3, -0.25) is 9.89 Å². The molecule has 0 spiro atoms. The van der Waals surface area contributed by atoms with E-state index in [0.29, 0.717) is 0 Å². The Kier molecular flexibility index (Phi) is 8.24. The molecule has 2 N–H and O–H groups in total. The summed E-state index contributed by atoms with van der Waals surface area (Å²) in [4.78, 5) is 11.9. The molecular formula is C27H40N6. The monoisotopic (exact) mass is 448 g/mol. The molecule has 1 unspecified atom stereocenters. The van der Waals surface area contributed by atoms with Crippen molar-refractivity contribution in [3.05, 3.63) is 65.2 Å². The highest BCUT2D eigenvalue weighted by atomic mass is 15.2. The smallest absolute Gasteiger partial charge is 0.191 e. The van der Waals surface area contributed by atoms with E-state index in [2.05, 4.69) is 92.8 Å². The second kappa shape index (κ2) is 11.5. The van der Waals surface area contributed by atoms with Crippen LogP contribution in [0.1, 0.15) is 42.5 Å². The average molecular weight is 449 g/mol. The summed E-state index contributed by atoms with van der Waals surface area (Å²) in [5.41, 5.74) is 5.27. The van der Waals surface area contributed by atoms with Crippen LogP contribution in [0.3, 0.4) is 0 Å². The second-order valence-electron chi connectivity index (χ2n) is 9.48. The summed E-state index contributed by atoms with van der Waals surface area (Å²) < 4.78 is 0. The van der Waals surface area contributed by atoms with Crippen LogP contribution >= 0.6 is 0 Å². The molecule has 2 aliphatic rings. The number of nitrogens with one attached hydrogen (secondary N) is 2. The highest BCUT2D eigenvalue weighted by Crippen LogP contribution is 2.24. The number of benzene rings is 2. The minimum Gasteiger partial charge on any atom is -0.372 e. The van der Waals surface area contributed by atoms with E-state index in [0.717, 1.165) is 45.2 Å². The number of aliphatic imine (C=N–C) groups is 1. The summed E-state index contributed by atoms with van der Waals surface area (Å²) >= 11 is 0.